The number of aliphatic hydroxyl groups is 1. The fraction of sp³-hybridized carbons (Fsp3) is 0.615. The summed E-state index contributed by atoms with van der Waals surface area (Å²) < 4.78 is 0. The van der Waals surface area contributed by atoms with Crippen molar-refractivity contribution in [1.82, 2.24) is 4.98 Å². The van der Waals surface area contributed by atoms with E-state index in [0.29, 0.717) is 0 Å². The molecule has 0 saturated heterocycles. The molecule has 5 nitrogen and oxygen atoms in total. The number of hydrogen-bond donors (Lipinski definition) is 1. The molecule has 1 N–H and O–H groups in total. The Hall–Kier alpha value is -1.49. The highest BCUT2D eigenvalue weighted by Crippen LogP contribution is 2.41. The minimum absolute atomic E-state index is 0.0956. The summed E-state index contributed by atoms with van der Waals surface area (Å²) in [6.07, 6.45) is 4.19. The van der Waals surface area contributed by atoms with Crippen LogP contribution in [0, 0.1) is 22.0 Å². The summed E-state index contributed by atoms with van der Waals surface area (Å²) in [5.41, 5.74) is 0.846. The molecule has 1 heterocycles. The zero-order valence-electron chi connectivity index (χ0n) is 10.6. The summed E-state index contributed by atoms with van der Waals surface area (Å²) in [5, 5.41) is 21.0. The maximum absolute atomic E-state index is 11.0. The molecule has 1 aromatic heterocycles. The van der Waals surface area contributed by atoms with Crippen LogP contribution in [0.15, 0.2) is 18.5 Å². The quantitative estimate of drug-likeness (QED) is 0.646. The van der Waals surface area contributed by atoms with Gasteiger partial charge >= 0.3 is 0 Å². The average molecular weight is 250 g/mol. The standard InChI is InChI=1S/C13H18N2O3/c1-8-5-10(6-9(2)13(8)16)11-3-4-14-7-12(11)15(17)18/h3-4,7-10,13,16H,5-6H2,1-2H3/t8-,9+,10?,13?. The highest BCUT2D eigenvalue weighted by Gasteiger charge is 2.34. The van der Waals surface area contributed by atoms with E-state index in [-0.39, 0.29) is 34.5 Å². The van der Waals surface area contributed by atoms with Crippen molar-refractivity contribution in [1.29, 1.82) is 0 Å². The molecule has 0 bridgehead atoms. The van der Waals surface area contributed by atoms with Gasteiger partial charge in [0.1, 0.15) is 6.20 Å². The number of aliphatic hydroxyl groups excluding tert-OH is 1. The Morgan fingerprint density at radius 1 is 1.39 bits per heavy atom. The fourth-order valence-corrected chi connectivity index (χ4v) is 2.98. The van der Waals surface area contributed by atoms with Gasteiger partial charge in [-0.15, -0.1) is 0 Å². The minimum Gasteiger partial charge on any atom is -0.393 e. The van der Waals surface area contributed by atoms with E-state index in [1.807, 2.05) is 13.8 Å². The van der Waals surface area contributed by atoms with E-state index in [2.05, 4.69) is 4.98 Å². The van der Waals surface area contributed by atoms with Crippen LogP contribution in [0.3, 0.4) is 0 Å². The zero-order chi connectivity index (χ0) is 13.3. The van der Waals surface area contributed by atoms with Gasteiger partial charge in [-0.05, 0) is 36.7 Å². The fourth-order valence-electron chi connectivity index (χ4n) is 2.98. The maximum atomic E-state index is 11.0. The monoisotopic (exact) mass is 250 g/mol. The number of pyridine rings is 1. The van der Waals surface area contributed by atoms with Crippen molar-refractivity contribution in [3.8, 4) is 0 Å². The molecule has 18 heavy (non-hydrogen) atoms. The first-order chi connectivity index (χ1) is 8.50. The summed E-state index contributed by atoms with van der Waals surface area (Å²) in [5.74, 6) is 0.486. The van der Waals surface area contributed by atoms with Crippen molar-refractivity contribution in [3.63, 3.8) is 0 Å². The van der Waals surface area contributed by atoms with Crippen LogP contribution in [0.2, 0.25) is 0 Å². The van der Waals surface area contributed by atoms with E-state index in [9.17, 15) is 15.2 Å². The topological polar surface area (TPSA) is 76.3 Å². The van der Waals surface area contributed by atoms with E-state index in [1.54, 1.807) is 12.3 Å². The first kappa shape index (κ1) is 13.0. The second kappa shape index (κ2) is 5.02. The van der Waals surface area contributed by atoms with E-state index >= 15 is 0 Å². The van der Waals surface area contributed by atoms with Crippen LogP contribution in [-0.2, 0) is 0 Å². The van der Waals surface area contributed by atoms with Gasteiger partial charge in [-0.25, -0.2) is 0 Å². The van der Waals surface area contributed by atoms with E-state index in [1.165, 1.54) is 6.20 Å². The van der Waals surface area contributed by atoms with E-state index in [0.717, 1.165) is 18.4 Å². The first-order valence-electron chi connectivity index (χ1n) is 6.27. The van der Waals surface area contributed by atoms with Crippen LogP contribution in [0.4, 0.5) is 5.69 Å². The van der Waals surface area contributed by atoms with Crippen molar-refractivity contribution in [2.45, 2.75) is 38.7 Å². The summed E-state index contributed by atoms with van der Waals surface area (Å²) >= 11 is 0. The number of nitrogens with zero attached hydrogens (tertiary/aromatic N) is 2. The lowest BCUT2D eigenvalue weighted by atomic mass is 9.72. The average Bonchev–Trinajstić information content (AvgIpc) is 2.35. The molecule has 0 amide bonds. The van der Waals surface area contributed by atoms with Crippen molar-refractivity contribution < 1.29 is 10.0 Å². The molecule has 1 saturated carbocycles. The summed E-state index contributed by atoms with van der Waals surface area (Å²) in [4.78, 5) is 14.5. The number of rotatable bonds is 2. The normalized spacial score (nSPS) is 32.2. The molecule has 2 rings (SSSR count). The zero-order valence-corrected chi connectivity index (χ0v) is 10.6. The molecule has 0 aromatic carbocycles. The molecule has 1 fully saturated rings. The van der Waals surface area contributed by atoms with Gasteiger partial charge in [0.2, 0.25) is 0 Å². The largest absolute Gasteiger partial charge is 0.393 e. The Labute approximate surface area is 106 Å². The molecule has 1 aromatic rings. The highest BCUT2D eigenvalue weighted by molar-refractivity contribution is 5.40. The third-order valence-corrected chi connectivity index (χ3v) is 3.95. The van der Waals surface area contributed by atoms with Crippen molar-refractivity contribution in [2.75, 3.05) is 0 Å². The van der Waals surface area contributed by atoms with Gasteiger partial charge in [-0.2, -0.15) is 0 Å². The van der Waals surface area contributed by atoms with Crippen molar-refractivity contribution in [3.05, 3.63) is 34.1 Å². The molecule has 1 aliphatic carbocycles. The van der Waals surface area contributed by atoms with Crippen LogP contribution in [-0.4, -0.2) is 21.1 Å². The Morgan fingerprint density at radius 2 is 2.00 bits per heavy atom. The highest BCUT2D eigenvalue weighted by atomic mass is 16.6. The molecule has 0 aliphatic heterocycles. The lowest BCUT2D eigenvalue weighted by molar-refractivity contribution is -0.386. The van der Waals surface area contributed by atoms with Gasteiger partial charge < -0.3 is 5.11 Å². The van der Waals surface area contributed by atoms with Gasteiger partial charge in [0.05, 0.1) is 11.0 Å². The van der Waals surface area contributed by atoms with Crippen LogP contribution in [0.25, 0.3) is 0 Å². The first-order valence-corrected chi connectivity index (χ1v) is 6.27. The SMILES string of the molecule is C[C@@H]1CC(c2ccncc2[N+](=O)[O-])C[C@H](C)C1O. The number of aromatic nitrogens is 1. The second-order valence-electron chi connectivity index (χ2n) is 5.31. The lowest BCUT2D eigenvalue weighted by Gasteiger charge is -2.36. The molecule has 5 heteroatoms. The third kappa shape index (κ3) is 2.36. The van der Waals surface area contributed by atoms with E-state index in [4.69, 9.17) is 0 Å². The Kier molecular flexibility index (Phi) is 3.61. The molecular weight excluding hydrogens is 232 g/mol. The third-order valence-electron chi connectivity index (χ3n) is 3.95. The lowest BCUT2D eigenvalue weighted by Crippen LogP contribution is -2.33. The second-order valence-corrected chi connectivity index (χ2v) is 5.31. The van der Waals surface area contributed by atoms with Crippen LogP contribution < -0.4 is 0 Å². The Morgan fingerprint density at radius 3 is 2.56 bits per heavy atom. The molecule has 4 atom stereocenters. The predicted molar refractivity (Wildman–Crippen MR) is 67.2 cm³/mol. The van der Waals surface area contributed by atoms with Gasteiger partial charge in [-0.1, -0.05) is 13.8 Å². The molecule has 0 radical (unpaired) electrons. The molecule has 2 unspecified atom stereocenters. The van der Waals surface area contributed by atoms with Gasteiger partial charge in [0.15, 0.2) is 0 Å². The molecule has 1 aliphatic rings. The van der Waals surface area contributed by atoms with Crippen LogP contribution >= 0.6 is 0 Å². The Bertz CT molecular complexity index is 438. The Balaban J connectivity index is 2.30. The number of hydrogen-bond acceptors (Lipinski definition) is 4. The number of nitro groups is 1. The minimum atomic E-state index is -0.372. The van der Waals surface area contributed by atoms with Crippen LogP contribution in [0.5, 0.6) is 0 Å². The van der Waals surface area contributed by atoms with Gasteiger partial charge in [0, 0.05) is 11.8 Å². The summed E-state index contributed by atoms with van der Waals surface area (Å²) in [7, 11) is 0. The van der Waals surface area contributed by atoms with E-state index < -0.39 is 0 Å². The molecular formula is C13H18N2O3. The summed E-state index contributed by atoms with van der Waals surface area (Å²) in [6.45, 7) is 4.00. The van der Waals surface area contributed by atoms with Crippen LogP contribution in [0.1, 0.15) is 38.2 Å². The molecule has 0 spiro atoms. The van der Waals surface area contributed by atoms with Crippen molar-refractivity contribution in [2.24, 2.45) is 11.8 Å². The predicted octanol–water partition coefficient (Wildman–Crippen LogP) is 2.50. The smallest absolute Gasteiger partial charge is 0.290 e. The molecule has 98 valence electrons. The summed E-state index contributed by atoms with van der Waals surface area (Å²) in [6, 6.07) is 1.74. The maximum Gasteiger partial charge on any atom is 0.290 e. The van der Waals surface area contributed by atoms with Gasteiger partial charge in [-0.3, -0.25) is 15.1 Å². The van der Waals surface area contributed by atoms with Gasteiger partial charge in [0.25, 0.3) is 5.69 Å². The van der Waals surface area contributed by atoms with Crippen molar-refractivity contribution >= 4 is 5.69 Å².